The average Bonchev–Trinajstić information content (AvgIpc) is 2.86. The number of aromatic nitrogens is 3. The predicted octanol–water partition coefficient (Wildman–Crippen LogP) is 4.15. The zero-order valence-electron chi connectivity index (χ0n) is 12.1. The van der Waals surface area contributed by atoms with Gasteiger partial charge in [0, 0.05) is 18.5 Å². The molecule has 108 valence electrons. The third-order valence-corrected chi connectivity index (χ3v) is 3.79. The van der Waals surface area contributed by atoms with Gasteiger partial charge in [-0.2, -0.15) is 0 Å². The van der Waals surface area contributed by atoms with Crippen molar-refractivity contribution in [1.29, 1.82) is 0 Å². The Morgan fingerprint density at radius 2 is 2.00 bits per heavy atom. The van der Waals surface area contributed by atoms with Gasteiger partial charge in [-0.3, -0.25) is 9.55 Å². The standard InChI is InChI=1S/C17H18ClN3/c1-2-5-13-6-3-4-7-15(13)21-16-9-11-19-12-14(16)20-17(21)8-10-18/h3-4,6-7,9,11-12H,2,5,8,10H2,1H3. The smallest absolute Gasteiger partial charge is 0.115 e. The van der Waals surface area contributed by atoms with Gasteiger partial charge in [0.15, 0.2) is 0 Å². The minimum atomic E-state index is 0.562. The summed E-state index contributed by atoms with van der Waals surface area (Å²) in [6, 6.07) is 10.5. The Hall–Kier alpha value is -1.87. The second kappa shape index (κ2) is 6.27. The molecule has 0 saturated carbocycles. The maximum Gasteiger partial charge on any atom is 0.115 e. The highest BCUT2D eigenvalue weighted by molar-refractivity contribution is 6.17. The van der Waals surface area contributed by atoms with Crippen molar-refractivity contribution in [3.05, 3.63) is 54.1 Å². The van der Waals surface area contributed by atoms with E-state index in [4.69, 9.17) is 16.6 Å². The number of imidazole rings is 1. The summed E-state index contributed by atoms with van der Waals surface area (Å²) in [5.41, 5.74) is 4.55. The Morgan fingerprint density at radius 3 is 2.81 bits per heavy atom. The first-order valence-electron chi connectivity index (χ1n) is 7.30. The second-order valence-electron chi connectivity index (χ2n) is 5.05. The summed E-state index contributed by atoms with van der Waals surface area (Å²) in [6.45, 7) is 2.20. The SMILES string of the molecule is CCCc1ccccc1-n1c(CCCl)nc2cnccc21. The van der Waals surface area contributed by atoms with Gasteiger partial charge < -0.3 is 0 Å². The summed E-state index contributed by atoms with van der Waals surface area (Å²) in [7, 11) is 0. The largest absolute Gasteiger partial charge is 0.296 e. The van der Waals surface area contributed by atoms with E-state index in [9.17, 15) is 0 Å². The van der Waals surface area contributed by atoms with Crippen molar-refractivity contribution in [1.82, 2.24) is 14.5 Å². The molecule has 1 aromatic carbocycles. The van der Waals surface area contributed by atoms with Gasteiger partial charge in [0.2, 0.25) is 0 Å². The van der Waals surface area contributed by atoms with E-state index in [-0.39, 0.29) is 0 Å². The van der Waals surface area contributed by atoms with Gasteiger partial charge in [-0.05, 0) is 24.1 Å². The monoisotopic (exact) mass is 299 g/mol. The molecule has 0 aliphatic heterocycles. The lowest BCUT2D eigenvalue weighted by molar-refractivity contribution is 0.869. The van der Waals surface area contributed by atoms with Crippen LogP contribution in [-0.2, 0) is 12.8 Å². The van der Waals surface area contributed by atoms with Crippen LogP contribution in [0.25, 0.3) is 16.7 Å². The number of para-hydroxylation sites is 1. The van der Waals surface area contributed by atoms with Crippen molar-refractivity contribution in [2.24, 2.45) is 0 Å². The summed E-state index contributed by atoms with van der Waals surface area (Å²) >= 11 is 5.96. The van der Waals surface area contributed by atoms with E-state index in [0.29, 0.717) is 5.88 Å². The van der Waals surface area contributed by atoms with E-state index in [1.807, 2.05) is 18.5 Å². The lowest BCUT2D eigenvalue weighted by Crippen LogP contribution is -2.05. The van der Waals surface area contributed by atoms with Crippen molar-refractivity contribution < 1.29 is 0 Å². The number of pyridine rings is 1. The third kappa shape index (κ3) is 2.66. The van der Waals surface area contributed by atoms with Gasteiger partial charge in [-0.25, -0.2) is 4.98 Å². The number of benzene rings is 1. The van der Waals surface area contributed by atoms with Crippen molar-refractivity contribution >= 4 is 22.6 Å². The zero-order chi connectivity index (χ0) is 14.7. The van der Waals surface area contributed by atoms with Gasteiger partial charge in [-0.15, -0.1) is 11.6 Å². The van der Waals surface area contributed by atoms with E-state index >= 15 is 0 Å². The highest BCUT2D eigenvalue weighted by Gasteiger charge is 2.14. The van der Waals surface area contributed by atoms with Crippen LogP contribution in [0.2, 0.25) is 0 Å². The number of aryl methyl sites for hydroxylation is 2. The summed E-state index contributed by atoms with van der Waals surface area (Å²) < 4.78 is 2.23. The van der Waals surface area contributed by atoms with Crippen molar-refractivity contribution in [2.75, 3.05) is 5.88 Å². The Bertz CT molecular complexity index is 749. The molecular weight excluding hydrogens is 282 g/mol. The van der Waals surface area contributed by atoms with Crippen LogP contribution in [0.15, 0.2) is 42.7 Å². The number of hydrogen-bond acceptors (Lipinski definition) is 2. The first-order valence-corrected chi connectivity index (χ1v) is 7.84. The zero-order valence-corrected chi connectivity index (χ0v) is 12.8. The van der Waals surface area contributed by atoms with Gasteiger partial charge in [0.25, 0.3) is 0 Å². The molecule has 0 radical (unpaired) electrons. The van der Waals surface area contributed by atoms with Crippen molar-refractivity contribution in [3.63, 3.8) is 0 Å². The van der Waals surface area contributed by atoms with Crippen LogP contribution >= 0.6 is 11.6 Å². The van der Waals surface area contributed by atoms with Crippen LogP contribution < -0.4 is 0 Å². The maximum atomic E-state index is 5.96. The lowest BCUT2D eigenvalue weighted by atomic mass is 10.1. The molecule has 0 N–H and O–H groups in total. The van der Waals surface area contributed by atoms with Gasteiger partial charge in [0.05, 0.1) is 17.4 Å². The highest BCUT2D eigenvalue weighted by Crippen LogP contribution is 2.24. The minimum absolute atomic E-state index is 0.562. The van der Waals surface area contributed by atoms with E-state index < -0.39 is 0 Å². The molecule has 4 heteroatoms. The number of alkyl halides is 1. The molecule has 0 aliphatic carbocycles. The van der Waals surface area contributed by atoms with Crippen LogP contribution in [0.3, 0.4) is 0 Å². The van der Waals surface area contributed by atoms with Crippen LogP contribution in [0.4, 0.5) is 0 Å². The first-order chi connectivity index (χ1) is 10.3. The summed E-state index contributed by atoms with van der Waals surface area (Å²) in [5.74, 6) is 1.56. The predicted molar refractivity (Wildman–Crippen MR) is 87.3 cm³/mol. The molecule has 0 aliphatic rings. The average molecular weight is 300 g/mol. The number of rotatable bonds is 5. The topological polar surface area (TPSA) is 30.7 Å². The van der Waals surface area contributed by atoms with E-state index in [1.165, 1.54) is 11.3 Å². The molecule has 0 bridgehead atoms. The Labute approximate surface area is 129 Å². The fourth-order valence-corrected chi connectivity index (χ4v) is 2.88. The van der Waals surface area contributed by atoms with Gasteiger partial charge in [0.1, 0.15) is 11.3 Å². The normalized spacial score (nSPS) is 11.1. The molecule has 0 amide bonds. The second-order valence-corrected chi connectivity index (χ2v) is 5.42. The Kier molecular flexibility index (Phi) is 4.20. The van der Waals surface area contributed by atoms with E-state index in [0.717, 1.165) is 36.1 Å². The molecule has 21 heavy (non-hydrogen) atoms. The molecule has 3 nitrogen and oxygen atoms in total. The molecule has 0 unspecified atom stereocenters. The molecule has 0 atom stereocenters. The number of hydrogen-bond donors (Lipinski definition) is 0. The van der Waals surface area contributed by atoms with Crippen molar-refractivity contribution in [3.8, 4) is 5.69 Å². The van der Waals surface area contributed by atoms with Crippen LogP contribution in [0, 0.1) is 0 Å². The molecule has 2 aromatic heterocycles. The summed E-state index contributed by atoms with van der Waals surface area (Å²) in [6.07, 6.45) is 6.55. The maximum absolute atomic E-state index is 5.96. The Morgan fingerprint density at radius 1 is 1.14 bits per heavy atom. The van der Waals surface area contributed by atoms with E-state index in [1.54, 1.807) is 0 Å². The molecule has 2 heterocycles. The fraction of sp³-hybridized carbons (Fsp3) is 0.294. The Balaban J connectivity index is 2.25. The van der Waals surface area contributed by atoms with Crippen LogP contribution in [0.5, 0.6) is 0 Å². The minimum Gasteiger partial charge on any atom is -0.296 e. The molecular formula is C17H18ClN3. The first kappa shape index (κ1) is 14.1. The fourth-order valence-electron chi connectivity index (χ4n) is 2.71. The highest BCUT2D eigenvalue weighted by atomic mass is 35.5. The molecule has 0 spiro atoms. The van der Waals surface area contributed by atoms with Gasteiger partial charge >= 0.3 is 0 Å². The summed E-state index contributed by atoms with van der Waals surface area (Å²) in [5, 5.41) is 0. The molecule has 3 rings (SSSR count). The summed E-state index contributed by atoms with van der Waals surface area (Å²) in [4.78, 5) is 8.87. The van der Waals surface area contributed by atoms with Gasteiger partial charge in [-0.1, -0.05) is 31.5 Å². The van der Waals surface area contributed by atoms with Crippen molar-refractivity contribution in [2.45, 2.75) is 26.2 Å². The quantitative estimate of drug-likeness (QED) is 0.663. The number of fused-ring (bicyclic) bond motifs is 1. The third-order valence-electron chi connectivity index (χ3n) is 3.60. The number of nitrogens with zero attached hydrogens (tertiary/aromatic N) is 3. The van der Waals surface area contributed by atoms with Crippen LogP contribution in [-0.4, -0.2) is 20.4 Å². The molecule has 0 fully saturated rings. The molecule has 0 saturated heterocycles. The van der Waals surface area contributed by atoms with Crippen LogP contribution in [0.1, 0.15) is 24.7 Å². The number of halogens is 1. The molecule has 3 aromatic rings. The van der Waals surface area contributed by atoms with E-state index in [2.05, 4.69) is 40.7 Å². The lowest BCUT2D eigenvalue weighted by Gasteiger charge is -2.13.